The number of ether oxygens (including phenoxy) is 1. The fourth-order valence-electron chi connectivity index (χ4n) is 3.51. The molecule has 0 aliphatic carbocycles. The summed E-state index contributed by atoms with van der Waals surface area (Å²) in [5.41, 5.74) is 2.38. The molecule has 4 rings (SSSR count). The largest absolute Gasteiger partial charge is 0.456 e. The van der Waals surface area contributed by atoms with E-state index in [9.17, 15) is 9.59 Å². The zero-order valence-corrected chi connectivity index (χ0v) is 15.8. The molecular formula is C21H23N3O4. The zero-order chi connectivity index (χ0) is 19.5. The number of rotatable bonds is 4. The first kappa shape index (κ1) is 18.3. The molecule has 1 N–H and O–H groups in total. The van der Waals surface area contributed by atoms with Crippen LogP contribution in [0.1, 0.15) is 6.92 Å². The summed E-state index contributed by atoms with van der Waals surface area (Å²) >= 11 is 0. The molecule has 2 aromatic carbocycles. The number of hydrogen-bond donors (Lipinski definition) is 1. The Morgan fingerprint density at radius 3 is 2.57 bits per heavy atom. The molecule has 7 nitrogen and oxygen atoms in total. The van der Waals surface area contributed by atoms with Crippen molar-refractivity contribution in [2.45, 2.75) is 6.92 Å². The summed E-state index contributed by atoms with van der Waals surface area (Å²) in [6.07, 6.45) is -0.285. The molecular weight excluding hydrogens is 358 g/mol. The summed E-state index contributed by atoms with van der Waals surface area (Å²) < 4.78 is 10.8. The van der Waals surface area contributed by atoms with Crippen LogP contribution in [0.2, 0.25) is 0 Å². The topological polar surface area (TPSA) is 75.0 Å². The van der Waals surface area contributed by atoms with E-state index in [0.717, 1.165) is 27.6 Å². The fourth-order valence-corrected chi connectivity index (χ4v) is 3.51. The average molecular weight is 381 g/mol. The van der Waals surface area contributed by atoms with Crippen molar-refractivity contribution < 1.29 is 18.7 Å². The van der Waals surface area contributed by atoms with Crippen LogP contribution in [0.25, 0.3) is 21.9 Å². The van der Waals surface area contributed by atoms with Gasteiger partial charge in [0, 0.05) is 42.6 Å². The van der Waals surface area contributed by atoms with Gasteiger partial charge in [0.05, 0.1) is 13.2 Å². The van der Waals surface area contributed by atoms with Gasteiger partial charge in [-0.15, -0.1) is 0 Å². The molecule has 0 atom stereocenters. The predicted molar refractivity (Wildman–Crippen MR) is 107 cm³/mol. The highest BCUT2D eigenvalue weighted by Crippen LogP contribution is 2.30. The number of para-hydroxylation sites is 1. The molecule has 1 fully saturated rings. The van der Waals surface area contributed by atoms with Crippen LogP contribution in [0.5, 0.6) is 0 Å². The molecule has 3 aromatic rings. The van der Waals surface area contributed by atoms with E-state index in [1.54, 1.807) is 11.8 Å². The van der Waals surface area contributed by atoms with E-state index in [4.69, 9.17) is 9.15 Å². The van der Waals surface area contributed by atoms with Gasteiger partial charge in [-0.3, -0.25) is 9.69 Å². The van der Waals surface area contributed by atoms with Gasteiger partial charge >= 0.3 is 6.09 Å². The lowest BCUT2D eigenvalue weighted by Gasteiger charge is -2.33. The van der Waals surface area contributed by atoms with Crippen molar-refractivity contribution >= 4 is 39.6 Å². The quantitative estimate of drug-likeness (QED) is 0.751. The lowest BCUT2D eigenvalue weighted by molar-refractivity contribution is -0.117. The van der Waals surface area contributed by atoms with Crippen LogP contribution in [0.3, 0.4) is 0 Å². The molecule has 0 unspecified atom stereocenters. The van der Waals surface area contributed by atoms with E-state index in [1.807, 2.05) is 47.4 Å². The van der Waals surface area contributed by atoms with Crippen molar-refractivity contribution in [3.8, 4) is 0 Å². The summed E-state index contributed by atoms with van der Waals surface area (Å²) in [5.74, 6) is -0.0725. The summed E-state index contributed by atoms with van der Waals surface area (Å²) in [7, 11) is 0. The highest BCUT2D eigenvalue weighted by molar-refractivity contribution is 6.07. The van der Waals surface area contributed by atoms with Crippen molar-refractivity contribution in [2.24, 2.45) is 0 Å². The number of nitrogens with one attached hydrogen (secondary N) is 1. The van der Waals surface area contributed by atoms with Gasteiger partial charge in [0.1, 0.15) is 11.2 Å². The summed E-state index contributed by atoms with van der Waals surface area (Å²) in [4.78, 5) is 27.9. The Kier molecular flexibility index (Phi) is 5.16. The number of hydrogen-bond acceptors (Lipinski definition) is 5. The minimum atomic E-state index is -0.285. The average Bonchev–Trinajstić information content (AvgIpc) is 3.07. The fraction of sp³-hybridized carbons (Fsp3) is 0.333. The van der Waals surface area contributed by atoms with Crippen molar-refractivity contribution in [3.05, 3.63) is 42.5 Å². The number of fused-ring (bicyclic) bond motifs is 3. The first-order valence-electron chi connectivity index (χ1n) is 9.49. The number of carbonyl (C=O) groups is 2. The molecule has 1 saturated heterocycles. The molecule has 2 heterocycles. The Morgan fingerprint density at radius 1 is 1.04 bits per heavy atom. The second-order valence-electron chi connectivity index (χ2n) is 6.82. The van der Waals surface area contributed by atoms with E-state index >= 15 is 0 Å². The van der Waals surface area contributed by atoms with Crippen molar-refractivity contribution in [1.82, 2.24) is 9.80 Å². The van der Waals surface area contributed by atoms with Gasteiger partial charge < -0.3 is 19.4 Å². The predicted octanol–water partition coefficient (Wildman–Crippen LogP) is 3.30. The number of carbonyl (C=O) groups excluding carboxylic acids is 2. The molecule has 1 aromatic heterocycles. The lowest BCUT2D eigenvalue weighted by atomic mass is 10.1. The third-order valence-electron chi connectivity index (χ3n) is 4.93. The van der Waals surface area contributed by atoms with Gasteiger partial charge in [-0.1, -0.05) is 18.2 Å². The number of anilines is 1. The standard InChI is InChI=1S/C21H23N3O4/c1-2-27-21(26)24-11-9-23(10-12-24)14-20(25)22-15-7-8-19-17(13-15)16-5-3-4-6-18(16)28-19/h3-8,13H,2,9-12,14H2,1H3,(H,22,25). The van der Waals surface area contributed by atoms with Gasteiger partial charge in [-0.25, -0.2) is 4.79 Å². The first-order chi connectivity index (χ1) is 13.6. The minimum Gasteiger partial charge on any atom is -0.456 e. The maximum atomic E-state index is 12.5. The number of piperazine rings is 1. The van der Waals surface area contributed by atoms with Gasteiger partial charge in [0.25, 0.3) is 0 Å². The van der Waals surface area contributed by atoms with Crippen LogP contribution in [0, 0.1) is 0 Å². The monoisotopic (exact) mass is 381 g/mol. The molecule has 2 amide bonds. The molecule has 7 heteroatoms. The molecule has 0 spiro atoms. The Labute approximate surface area is 162 Å². The minimum absolute atomic E-state index is 0.0725. The number of furan rings is 1. The summed E-state index contributed by atoms with van der Waals surface area (Å²) in [6.45, 7) is 4.90. The Hall–Kier alpha value is -3.06. The summed E-state index contributed by atoms with van der Waals surface area (Å²) in [6, 6.07) is 13.5. The molecule has 1 aliphatic heterocycles. The lowest BCUT2D eigenvalue weighted by Crippen LogP contribution is -2.50. The SMILES string of the molecule is CCOC(=O)N1CCN(CC(=O)Nc2ccc3oc4ccccc4c3c2)CC1. The molecule has 0 saturated carbocycles. The maximum Gasteiger partial charge on any atom is 0.409 e. The third-order valence-corrected chi connectivity index (χ3v) is 4.93. The smallest absolute Gasteiger partial charge is 0.409 e. The third kappa shape index (κ3) is 3.80. The van der Waals surface area contributed by atoms with E-state index in [0.29, 0.717) is 39.3 Å². The van der Waals surface area contributed by atoms with Crippen molar-refractivity contribution in [3.63, 3.8) is 0 Å². The van der Waals surface area contributed by atoms with Crippen molar-refractivity contribution in [1.29, 1.82) is 0 Å². The van der Waals surface area contributed by atoms with Gasteiger partial charge in [-0.05, 0) is 31.2 Å². The van der Waals surface area contributed by atoms with Gasteiger partial charge in [-0.2, -0.15) is 0 Å². The van der Waals surface area contributed by atoms with Crippen LogP contribution < -0.4 is 5.32 Å². The van der Waals surface area contributed by atoms with E-state index in [-0.39, 0.29) is 12.0 Å². The molecule has 1 aliphatic rings. The van der Waals surface area contributed by atoms with Gasteiger partial charge in [0.15, 0.2) is 0 Å². The second-order valence-corrected chi connectivity index (χ2v) is 6.82. The normalized spacial score (nSPS) is 15.1. The first-order valence-corrected chi connectivity index (χ1v) is 9.49. The zero-order valence-electron chi connectivity index (χ0n) is 15.8. The maximum absolute atomic E-state index is 12.5. The molecule has 146 valence electrons. The number of amides is 2. The second kappa shape index (κ2) is 7.90. The van der Waals surface area contributed by atoms with Gasteiger partial charge in [0.2, 0.25) is 5.91 Å². The van der Waals surface area contributed by atoms with E-state index < -0.39 is 0 Å². The molecule has 0 bridgehead atoms. The Balaban J connectivity index is 1.36. The van der Waals surface area contributed by atoms with Crippen LogP contribution in [0.4, 0.5) is 10.5 Å². The summed E-state index contributed by atoms with van der Waals surface area (Å²) in [5, 5.41) is 4.98. The van der Waals surface area contributed by atoms with Crippen LogP contribution in [-0.4, -0.2) is 61.1 Å². The highest BCUT2D eigenvalue weighted by Gasteiger charge is 2.23. The van der Waals surface area contributed by atoms with Crippen LogP contribution >= 0.6 is 0 Å². The van der Waals surface area contributed by atoms with E-state index in [1.165, 1.54) is 0 Å². The molecule has 0 radical (unpaired) electrons. The van der Waals surface area contributed by atoms with Crippen LogP contribution in [-0.2, 0) is 9.53 Å². The number of benzene rings is 2. The highest BCUT2D eigenvalue weighted by atomic mass is 16.6. The number of nitrogens with zero attached hydrogens (tertiary/aromatic N) is 2. The Bertz CT molecular complexity index is 1010. The van der Waals surface area contributed by atoms with Crippen molar-refractivity contribution in [2.75, 3.05) is 44.6 Å². The van der Waals surface area contributed by atoms with E-state index in [2.05, 4.69) is 5.32 Å². The van der Waals surface area contributed by atoms with Crippen LogP contribution in [0.15, 0.2) is 46.9 Å². The Morgan fingerprint density at radius 2 is 1.79 bits per heavy atom. The molecule has 28 heavy (non-hydrogen) atoms.